The van der Waals surface area contributed by atoms with Crippen LogP contribution in [0.5, 0.6) is 0 Å². The predicted molar refractivity (Wildman–Crippen MR) is 130 cm³/mol. The Bertz CT molecular complexity index is 1320. The van der Waals surface area contributed by atoms with Crippen molar-refractivity contribution in [1.29, 1.82) is 0 Å². The van der Waals surface area contributed by atoms with E-state index in [0.29, 0.717) is 49.6 Å². The molecule has 0 unspecified atom stereocenters. The van der Waals surface area contributed by atoms with Gasteiger partial charge in [-0.2, -0.15) is 10.1 Å². The Kier molecular flexibility index (Phi) is 5.31. The van der Waals surface area contributed by atoms with Gasteiger partial charge in [0.25, 0.3) is 5.91 Å². The number of aromatic amines is 1. The van der Waals surface area contributed by atoms with Gasteiger partial charge in [-0.15, -0.1) is 0 Å². The van der Waals surface area contributed by atoms with Crippen molar-refractivity contribution in [3.63, 3.8) is 0 Å². The molecule has 2 aliphatic rings. The maximum absolute atomic E-state index is 12.7. The lowest BCUT2D eigenvalue weighted by Crippen LogP contribution is -2.40. The number of nitrogens with zero attached hydrogens (tertiary/aromatic N) is 4. The van der Waals surface area contributed by atoms with E-state index in [4.69, 9.17) is 9.72 Å². The Hall–Kier alpha value is -3.98. The van der Waals surface area contributed by atoms with Crippen LogP contribution in [0.3, 0.4) is 0 Å². The minimum atomic E-state index is 0.0212. The Labute approximate surface area is 196 Å². The van der Waals surface area contributed by atoms with Crippen molar-refractivity contribution >= 4 is 40.1 Å². The molecule has 172 valence electrons. The number of carbonyl (C=O) groups is 1. The summed E-state index contributed by atoms with van der Waals surface area (Å²) in [6.07, 6.45) is 2.42. The largest absolute Gasteiger partial charge is 0.378 e. The van der Waals surface area contributed by atoms with Crippen molar-refractivity contribution in [2.24, 2.45) is 0 Å². The lowest BCUT2D eigenvalue weighted by Gasteiger charge is -2.26. The summed E-state index contributed by atoms with van der Waals surface area (Å²) in [5.41, 5.74) is 3.43. The highest BCUT2D eigenvalue weighted by Gasteiger charge is 2.25. The summed E-state index contributed by atoms with van der Waals surface area (Å²) in [6, 6.07) is 17.3. The first kappa shape index (κ1) is 20.6. The minimum absolute atomic E-state index is 0.0212. The quantitative estimate of drug-likeness (QED) is 0.400. The molecule has 4 aromatic rings. The van der Waals surface area contributed by atoms with Gasteiger partial charge in [-0.1, -0.05) is 12.1 Å². The van der Waals surface area contributed by atoms with Crippen molar-refractivity contribution in [3.05, 3.63) is 65.9 Å². The van der Waals surface area contributed by atoms with Crippen molar-refractivity contribution in [1.82, 2.24) is 25.1 Å². The summed E-state index contributed by atoms with van der Waals surface area (Å²) in [7, 11) is 0. The summed E-state index contributed by atoms with van der Waals surface area (Å²) < 4.78 is 5.33. The monoisotopic (exact) mass is 455 g/mol. The van der Waals surface area contributed by atoms with Gasteiger partial charge in [-0.25, -0.2) is 4.98 Å². The van der Waals surface area contributed by atoms with Crippen LogP contribution in [0.1, 0.15) is 34.8 Å². The molecule has 3 N–H and O–H groups in total. The molecule has 0 atom stereocenters. The maximum atomic E-state index is 12.7. The summed E-state index contributed by atoms with van der Waals surface area (Å²) in [6.45, 7) is 2.41. The van der Waals surface area contributed by atoms with Gasteiger partial charge < -0.3 is 20.3 Å². The van der Waals surface area contributed by atoms with Crippen LogP contribution in [0, 0.1) is 0 Å². The lowest BCUT2D eigenvalue weighted by molar-refractivity contribution is 0.0303. The van der Waals surface area contributed by atoms with Crippen LogP contribution in [-0.2, 0) is 4.74 Å². The molecule has 3 heterocycles. The Morgan fingerprint density at radius 1 is 1.00 bits per heavy atom. The number of amides is 1. The van der Waals surface area contributed by atoms with E-state index >= 15 is 0 Å². The van der Waals surface area contributed by atoms with Crippen LogP contribution in [0.25, 0.3) is 10.9 Å². The van der Waals surface area contributed by atoms with E-state index in [-0.39, 0.29) is 5.91 Å². The molecule has 6 rings (SSSR count). The fraction of sp³-hybridized carbons (Fsp3) is 0.280. The SMILES string of the molecule is O=C(c1ccc(Nc2nc(Nc3cc(C4CC4)[nH]n3)c3ccccc3n2)cc1)N1CCOCC1. The third-order valence-electron chi connectivity index (χ3n) is 6.15. The second kappa shape index (κ2) is 8.75. The molecule has 2 aromatic heterocycles. The van der Waals surface area contributed by atoms with Crippen molar-refractivity contribution in [2.45, 2.75) is 18.8 Å². The average molecular weight is 456 g/mol. The number of nitrogens with one attached hydrogen (secondary N) is 3. The third-order valence-corrected chi connectivity index (χ3v) is 6.15. The van der Waals surface area contributed by atoms with Crippen LogP contribution in [0.15, 0.2) is 54.6 Å². The van der Waals surface area contributed by atoms with Gasteiger partial charge in [-0.3, -0.25) is 9.89 Å². The molecule has 1 saturated carbocycles. The first-order chi connectivity index (χ1) is 16.7. The van der Waals surface area contributed by atoms with Gasteiger partial charge >= 0.3 is 0 Å². The number of hydrogen-bond acceptors (Lipinski definition) is 7. The van der Waals surface area contributed by atoms with E-state index in [1.807, 2.05) is 59.5 Å². The third kappa shape index (κ3) is 4.29. The highest BCUT2D eigenvalue weighted by Crippen LogP contribution is 2.39. The van der Waals surface area contributed by atoms with Gasteiger partial charge in [0.1, 0.15) is 5.82 Å². The number of ether oxygens (including phenoxy) is 1. The molecule has 9 nitrogen and oxygen atoms in total. The molecule has 0 bridgehead atoms. The number of aromatic nitrogens is 4. The van der Waals surface area contributed by atoms with Gasteiger partial charge in [-0.05, 0) is 49.2 Å². The van der Waals surface area contributed by atoms with Crippen molar-refractivity contribution < 1.29 is 9.53 Å². The summed E-state index contributed by atoms with van der Waals surface area (Å²) >= 11 is 0. The second-order valence-electron chi connectivity index (χ2n) is 8.63. The van der Waals surface area contributed by atoms with Crippen LogP contribution in [0.2, 0.25) is 0 Å². The molecular formula is C25H25N7O2. The topological polar surface area (TPSA) is 108 Å². The maximum Gasteiger partial charge on any atom is 0.254 e. The van der Waals surface area contributed by atoms with Crippen LogP contribution >= 0.6 is 0 Å². The fourth-order valence-corrected chi connectivity index (χ4v) is 4.13. The zero-order valence-corrected chi connectivity index (χ0v) is 18.6. The Balaban J connectivity index is 1.23. The minimum Gasteiger partial charge on any atom is -0.378 e. The zero-order valence-electron chi connectivity index (χ0n) is 18.6. The number of rotatable bonds is 6. The molecule has 1 saturated heterocycles. The van der Waals surface area contributed by atoms with Crippen molar-refractivity contribution in [3.8, 4) is 0 Å². The van der Waals surface area contributed by atoms with E-state index in [2.05, 4.69) is 25.8 Å². The molecule has 1 aliphatic carbocycles. The Morgan fingerprint density at radius 3 is 2.59 bits per heavy atom. The van der Waals surface area contributed by atoms with Gasteiger partial charge in [0.05, 0.1) is 18.7 Å². The van der Waals surface area contributed by atoms with E-state index in [9.17, 15) is 4.79 Å². The van der Waals surface area contributed by atoms with E-state index in [1.165, 1.54) is 12.8 Å². The van der Waals surface area contributed by atoms with Gasteiger partial charge in [0.2, 0.25) is 5.95 Å². The van der Waals surface area contributed by atoms with Gasteiger partial charge in [0, 0.05) is 47.4 Å². The summed E-state index contributed by atoms with van der Waals surface area (Å²) in [5, 5.41) is 15.0. The number of benzene rings is 2. The Morgan fingerprint density at radius 2 is 1.79 bits per heavy atom. The summed E-state index contributed by atoms with van der Waals surface area (Å²) in [4.78, 5) is 23.9. The van der Waals surface area contributed by atoms with Crippen LogP contribution in [-0.4, -0.2) is 57.3 Å². The van der Waals surface area contributed by atoms with Crippen molar-refractivity contribution in [2.75, 3.05) is 36.9 Å². The second-order valence-corrected chi connectivity index (χ2v) is 8.63. The zero-order chi connectivity index (χ0) is 22.9. The highest BCUT2D eigenvalue weighted by molar-refractivity contribution is 5.95. The standard InChI is InChI=1S/C25H25N7O2/c33-24(32-11-13-34-14-12-32)17-7-9-18(10-8-17)26-25-27-20-4-2-1-3-19(20)23(29-25)28-22-15-21(30-31-22)16-5-6-16/h1-4,7-10,15-16H,5-6,11-14H2,(H3,26,27,28,29,30,31). The lowest BCUT2D eigenvalue weighted by atomic mass is 10.1. The average Bonchev–Trinajstić information content (AvgIpc) is 3.63. The predicted octanol–water partition coefficient (Wildman–Crippen LogP) is 4.19. The molecule has 2 aromatic carbocycles. The number of carbonyl (C=O) groups excluding carboxylic acids is 1. The van der Waals surface area contributed by atoms with Crippen LogP contribution < -0.4 is 10.6 Å². The number of hydrogen-bond donors (Lipinski definition) is 3. The molecule has 0 spiro atoms. The first-order valence-corrected chi connectivity index (χ1v) is 11.6. The molecule has 1 aliphatic heterocycles. The van der Waals surface area contributed by atoms with E-state index < -0.39 is 0 Å². The number of anilines is 4. The molecule has 1 amide bonds. The molecule has 2 fully saturated rings. The van der Waals surface area contributed by atoms with Gasteiger partial charge in [0.15, 0.2) is 5.82 Å². The van der Waals surface area contributed by atoms with Crippen LogP contribution in [0.4, 0.5) is 23.3 Å². The first-order valence-electron chi connectivity index (χ1n) is 11.6. The fourth-order valence-electron chi connectivity index (χ4n) is 4.13. The number of fused-ring (bicyclic) bond motifs is 1. The smallest absolute Gasteiger partial charge is 0.254 e. The molecule has 0 radical (unpaired) electrons. The number of para-hydroxylation sites is 1. The molecular weight excluding hydrogens is 430 g/mol. The number of H-pyrrole nitrogens is 1. The molecule has 9 heteroatoms. The van der Waals surface area contributed by atoms with E-state index in [1.54, 1.807) is 0 Å². The number of morpholine rings is 1. The molecule has 34 heavy (non-hydrogen) atoms. The highest BCUT2D eigenvalue weighted by atomic mass is 16.5. The normalized spacial score (nSPS) is 15.9. The van der Waals surface area contributed by atoms with E-state index in [0.717, 1.165) is 28.1 Å². The summed E-state index contributed by atoms with van der Waals surface area (Å²) in [5.74, 6) is 2.50.